The van der Waals surface area contributed by atoms with Gasteiger partial charge in [0, 0.05) is 25.2 Å². The van der Waals surface area contributed by atoms with E-state index in [9.17, 15) is 0 Å². The average molecular weight is 291 g/mol. The first-order valence-electron chi connectivity index (χ1n) is 6.04. The molecule has 2 N–H and O–H groups in total. The third-order valence-electron chi connectivity index (χ3n) is 2.78. The van der Waals surface area contributed by atoms with Gasteiger partial charge in [0.1, 0.15) is 5.69 Å². The Balaban J connectivity index is 2.36. The highest BCUT2D eigenvalue weighted by Gasteiger charge is 2.15. The van der Waals surface area contributed by atoms with E-state index in [-0.39, 0.29) is 0 Å². The van der Waals surface area contributed by atoms with Crippen LogP contribution in [0.1, 0.15) is 0 Å². The minimum atomic E-state index is 0.379. The molecule has 5 nitrogen and oxygen atoms in total. The van der Waals surface area contributed by atoms with Gasteiger partial charge in [0.15, 0.2) is 0 Å². The van der Waals surface area contributed by atoms with Crippen LogP contribution in [0.25, 0.3) is 5.69 Å². The smallest absolute Gasteiger partial charge is 0.311 e. The normalized spacial score (nSPS) is 11.4. The average Bonchev–Trinajstić information content (AvgIpc) is 2.88. The van der Waals surface area contributed by atoms with Gasteiger partial charge in [-0.05, 0) is 35.4 Å². The largest absolute Gasteiger partial charge is 0.367 e. The molecule has 0 atom stereocenters. The second kappa shape index (κ2) is 5.79. The number of halogens is 1. The predicted octanol–water partition coefficient (Wildman–Crippen LogP) is 2.27. The second-order valence-electron chi connectivity index (χ2n) is 4.46. The Bertz CT molecular complexity index is 640. The van der Waals surface area contributed by atoms with Crippen LogP contribution >= 0.6 is 11.6 Å². The SMILES string of the molecule is C=[N+](N=C(N)N(C)C)c1cccn1-c1ccc(Cl)cc1. The number of hydrazone groups is 1. The summed E-state index contributed by atoms with van der Waals surface area (Å²) in [6, 6.07) is 11.4. The van der Waals surface area contributed by atoms with Crippen LogP contribution in [-0.2, 0) is 0 Å². The van der Waals surface area contributed by atoms with Crippen molar-refractivity contribution in [1.82, 2.24) is 9.47 Å². The maximum atomic E-state index is 5.90. The molecule has 0 aliphatic carbocycles. The molecule has 0 saturated heterocycles. The highest BCUT2D eigenvalue weighted by atomic mass is 35.5. The van der Waals surface area contributed by atoms with Crippen molar-refractivity contribution in [2.75, 3.05) is 14.1 Å². The fraction of sp³-hybridized carbons (Fsp3) is 0.143. The third-order valence-corrected chi connectivity index (χ3v) is 3.03. The number of hydrogen-bond acceptors (Lipinski definition) is 1. The number of hydrogen-bond donors (Lipinski definition) is 1. The van der Waals surface area contributed by atoms with Crippen molar-refractivity contribution in [3.05, 3.63) is 47.6 Å². The first kappa shape index (κ1) is 14.1. The maximum Gasteiger partial charge on any atom is 0.311 e. The molecule has 1 aromatic carbocycles. The van der Waals surface area contributed by atoms with Crippen molar-refractivity contribution < 1.29 is 4.68 Å². The summed E-state index contributed by atoms with van der Waals surface area (Å²) in [6.07, 6.45) is 1.93. The van der Waals surface area contributed by atoms with Gasteiger partial charge in [0.05, 0.1) is 12.9 Å². The summed E-state index contributed by atoms with van der Waals surface area (Å²) < 4.78 is 3.44. The summed E-state index contributed by atoms with van der Waals surface area (Å²) in [7, 11) is 3.65. The lowest BCUT2D eigenvalue weighted by atomic mass is 10.3. The Morgan fingerprint density at radius 1 is 1.30 bits per heavy atom. The number of guanidine groups is 1. The van der Waals surface area contributed by atoms with Crippen LogP contribution in [0.2, 0.25) is 5.02 Å². The fourth-order valence-electron chi connectivity index (χ4n) is 1.67. The lowest BCUT2D eigenvalue weighted by Crippen LogP contribution is -2.31. The Morgan fingerprint density at radius 3 is 2.55 bits per heavy atom. The Kier molecular flexibility index (Phi) is 4.10. The number of nitrogens with zero attached hydrogens (tertiary/aromatic N) is 4. The van der Waals surface area contributed by atoms with Gasteiger partial charge in [-0.25, -0.2) is 0 Å². The van der Waals surface area contributed by atoms with Crippen LogP contribution < -0.4 is 5.73 Å². The monoisotopic (exact) mass is 290 g/mol. The molecule has 6 heteroatoms. The summed E-state index contributed by atoms with van der Waals surface area (Å²) in [6.45, 7) is 3.90. The Labute approximate surface area is 123 Å². The molecule has 0 fully saturated rings. The van der Waals surface area contributed by atoms with Gasteiger partial charge in [0.2, 0.25) is 5.96 Å². The molecule has 20 heavy (non-hydrogen) atoms. The minimum absolute atomic E-state index is 0.379. The molecule has 0 amide bonds. The summed E-state index contributed by atoms with van der Waals surface area (Å²) >= 11 is 5.90. The van der Waals surface area contributed by atoms with Crippen LogP contribution in [0, 0.1) is 0 Å². The van der Waals surface area contributed by atoms with Gasteiger partial charge >= 0.3 is 5.82 Å². The van der Waals surface area contributed by atoms with Gasteiger partial charge in [-0.15, -0.1) is 4.68 Å². The molecular formula is C14H17ClN5+. The van der Waals surface area contributed by atoms with Crippen LogP contribution in [0.3, 0.4) is 0 Å². The van der Waals surface area contributed by atoms with Crippen molar-refractivity contribution in [3.8, 4) is 5.69 Å². The van der Waals surface area contributed by atoms with E-state index in [0.717, 1.165) is 11.5 Å². The van der Waals surface area contributed by atoms with Crippen LogP contribution in [0.4, 0.5) is 5.82 Å². The first-order chi connectivity index (χ1) is 9.49. The maximum absolute atomic E-state index is 5.90. The van der Waals surface area contributed by atoms with E-state index in [0.29, 0.717) is 11.0 Å². The molecule has 0 unspecified atom stereocenters. The zero-order valence-electron chi connectivity index (χ0n) is 11.5. The van der Waals surface area contributed by atoms with Crippen molar-refractivity contribution in [2.24, 2.45) is 10.8 Å². The predicted molar refractivity (Wildman–Crippen MR) is 83.1 cm³/mol. The topological polar surface area (TPSA) is 49.6 Å². The summed E-state index contributed by atoms with van der Waals surface area (Å²) in [5, 5.41) is 4.92. The first-order valence-corrected chi connectivity index (χ1v) is 6.42. The molecule has 0 radical (unpaired) electrons. The zero-order chi connectivity index (χ0) is 14.7. The van der Waals surface area contributed by atoms with E-state index >= 15 is 0 Å². The number of rotatable bonds is 3. The van der Waals surface area contributed by atoms with E-state index in [1.807, 2.05) is 61.3 Å². The molecule has 0 bridgehead atoms. The van der Waals surface area contributed by atoms with Gasteiger partial charge in [-0.1, -0.05) is 11.6 Å². The molecule has 1 heterocycles. The minimum Gasteiger partial charge on any atom is -0.367 e. The van der Waals surface area contributed by atoms with Gasteiger partial charge < -0.3 is 10.6 Å². The van der Waals surface area contributed by atoms with E-state index in [2.05, 4.69) is 11.8 Å². The number of nitrogens with two attached hydrogens (primary N) is 1. The van der Waals surface area contributed by atoms with E-state index < -0.39 is 0 Å². The van der Waals surface area contributed by atoms with Gasteiger partial charge in [-0.2, -0.15) is 4.57 Å². The standard InChI is InChI=1S/C14H17ClN5/c1-18(2)14(16)17-19(3)13-5-4-10-20(13)12-8-6-11(15)7-9-12/h4-10H,3H2,1-2H3,(H2,16,17)/q+1. The van der Waals surface area contributed by atoms with E-state index in [1.165, 1.54) is 4.68 Å². The van der Waals surface area contributed by atoms with Crippen molar-refractivity contribution in [3.63, 3.8) is 0 Å². The summed E-state index contributed by atoms with van der Waals surface area (Å²) in [5.41, 5.74) is 6.77. The molecule has 0 aliphatic heterocycles. The Hall–Kier alpha value is -2.27. The second-order valence-corrected chi connectivity index (χ2v) is 4.90. The lowest BCUT2D eigenvalue weighted by Gasteiger charge is -2.09. The van der Waals surface area contributed by atoms with Gasteiger partial charge in [-0.3, -0.25) is 0 Å². The van der Waals surface area contributed by atoms with Crippen LogP contribution in [0.5, 0.6) is 0 Å². The molecule has 0 aliphatic rings. The fourth-order valence-corrected chi connectivity index (χ4v) is 1.79. The van der Waals surface area contributed by atoms with Crippen LogP contribution in [-0.4, -0.2) is 40.9 Å². The zero-order valence-corrected chi connectivity index (χ0v) is 12.2. The van der Waals surface area contributed by atoms with Crippen molar-refractivity contribution in [2.45, 2.75) is 0 Å². The molecule has 2 aromatic rings. The molecule has 104 valence electrons. The molecular weight excluding hydrogens is 274 g/mol. The van der Waals surface area contributed by atoms with Gasteiger partial charge in [0.25, 0.3) is 0 Å². The Morgan fingerprint density at radius 2 is 1.95 bits per heavy atom. The lowest BCUT2D eigenvalue weighted by molar-refractivity contribution is -0.442. The highest BCUT2D eigenvalue weighted by Crippen LogP contribution is 2.21. The molecule has 2 rings (SSSR count). The van der Waals surface area contributed by atoms with E-state index in [4.69, 9.17) is 17.3 Å². The summed E-state index contributed by atoms with van der Waals surface area (Å²) in [4.78, 5) is 1.72. The molecule has 1 aromatic heterocycles. The van der Waals surface area contributed by atoms with E-state index in [1.54, 1.807) is 4.90 Å². The highest BCUT2D eigenvalue weighted by molar-refractivity contribution is 6.30. The number of aromatic nitrogens is 1. The van der Waals surface area contributed by atoms with Crippen LogP contribution in [0.15, 0.2) is 47.7 Å². The van der Waals surface area contributed by atoms with Crippen molar-refractivity contribution in [1.29, 1.82) is 0 Å². The molecule has 0 saturated carbocycles. The number of benzene rings is 1. The van der Waals surface area contributed by atoms with Crippen molar-refractivity contribution >= 4 is 30.1 Å². The molecule has 0 spiro atoms. The summed E-state index contributed by atoms with van der Waals surface area (Å²) in [5.74, 6) is 1.18. The quantitative estimate of drug-likeness (QED) is 0.408. The third kappa shape index (κ3) is 3.00.